The highest BCUT2D eigenvalue weighted by atomic mass is 32.2. The molecule has 4 heteroatoms. The predicted molar refractivity (Wildman–Crippen MR) is 89.6 cm³/mol. The number of hydrogen-bond donors (Lipinski definition) is 1. The number of nitrogens with one attached hydrogen (secondary N) is 1. The Bertz CT molecular complexity index is 540. The summed E-state index contributed by atoms with van der Waals surface area (Å²) in [6.45, 7) is 8.07. The molecule has 0 radical (unpaired) electrons. The standard InChI is InChI=1S/C15H18N2S2/c1-11-5-7-12(8-6-11)19-14(18)17-13(16)9-10-15(2,3)4/h5-8H,1-4H3,(H2,16,17,18)/p+1. The van der Waals surface area contributed by atoms with E-state index in [2.05, 4.69) is 36.4 Å². The maximum Gasteiger partial charge on any atom is 0.284 e. The molecule has 19 heavy (non-hydrogen) atoms. The van der Waals surface area contributed by atoms with Gasteiger partial charge in [0.15, 0.2) is 0 Å². The molecule has 0 aliphatic rings. The largest absolute Gasteiger partial charge is 0.284 e. The summed E-state index contributed by atoms with van der Waals surface area (Å²) in [4.78, 5) is 5.18. The Morgan fingerprint density at radius 1 is 1.26 bits per heavy atom. The van der Waals surface area contributed by atoms with E-state index in [1.165, 1.54) is 17.3 Å². The van der Waals surface area contributed by atoms with Crippen molar-refractivity contribution < 1.29 is 0 Å². The molecule has 0 bridgehead atoms. The quantitative estimate of drug-likeness (QED) is 0.278. The fourth-order valence-corrected chi connectivity index (χ4v) is 2.21. The van der Waals surface area contributed by atoms with Crippen LogP contribution in [0.25, 0.3) is 0 Å². The zero-order valence-electron chi connectivity index (χ0n) is 11.7. The van der Waals surface area contributed by atoms with Gasteiger partial charge in [-0.2, -0.15) is 4.99 Å². The normalized spacial score (nSPS) is 11.7. The van der Waals surface area contributed by atoms with Crippen LogP contribution >= 0.6 is 11.8 Å². The second kappa shape index (κ2) is 6.83. The zero-order valence-corrected chi connectivity index (χ0v) is 13.5. The summed E-state index contributed by atoms with van der Waals surface area (Å²) >= 11 is 4.88. The number of aliphatic imine (C=N–C) groups is 1. The molecule has 1 aromatic carbocycles. The highest BCUT2D eigenvalue weighted by Gasteiger charge is 2.06. The molecule has 1 N–H and O–H groups in total. The van der Waals surface area contributed by atoms with Gasteiger partial charge in [0, 0.05) is 22.9 Å². The van der Waals surface area contributed by atoms with Gasteiger partial charge in [-0.25, -0.2) is 0 Å². The van der Waals surface area contributed by atoms with E-state index in [-0.39, 0.29) is 11.3 Å². The van der Waals surface area contributed by atoms with Crippen molar-refractivity contribution in [3.05, 3.63) is 29.8 Å². The van der Waals surface area contributed by atoms with Crippen LogP contribution in [-0.2, 0) is 12.6 Å². The van der Waals surface area contributed by atoms with E-state index in [1.807, 2.05) is 45.0 Å². The molecule has 0 aromatic heterocycles. The van der Waals surface area contributed by atoms with Crippen LogP contribution < -0.4 is 0 Å². The lowest BCUT2D eigenvalue weighted by Gasteiger charge is -2.06. The minimum Gasteiger partial charge on any atom is -0.275 e. The second-order valence-electron chi connectivity index (χ2n) is 5.18. The van der Waals surface area contributed by atoms with Crippen LogP contribution in [-0.4, -0.2) is 10.2 Å². The fraction of sp³-hybridized carbons (Fsp3) is 0.333. The maximum atomic E-state index is 7.69. The summed E-state index contributed by atoms with van der Waals surface area (Å²) < 4.78 is 0.636. The van der Waals surface area contributed by atoms with Crippen LogP contribution in [0.4, 0.5) is 0 Å². The topological polar surface area (TPSA) is 36.2 Å². The number of thioether (sulfide) groups is 1. The van der Waals surface area contributed by atoms with Crippen LogP contribution in [0.3, 0.4) is 0 Å². The van der Waals surface area contributed by atoms with Gasteiger partial charge < -0.3 is 0 Å². The number of hydrogen-bond acceptors (Lipinski definition) is 2. The first-order valence-corrected chi connectivity index (χ1v) is 7.24. The lowest BCUT2D eigenvalue weighted by Crippen LogP contribution is -2.01. The van der Waals surface area contributed by atoms with E-state index in [4.69, 9.17) is 5.41 Å². The van der Waals surface area contributed by atoms with Crippen LogP contribution in [0.2, 0.25) is 0 Å². The van der Waals surface area contributed by atoms with Gasteiger partial charge in [-0.1, -0.05) is 23.6 Å². The van der Waals surface area contributed by atoms with E-state index in [0.717, 1.165) is 4.90 Å². The molecule has 0 aliphatic carbocycles. The molecule has 100 valence electrons. The summed E-state index contributed by atoms with van der Waals surface area (Å²) in [5.41, 5.74) is 1.11. The molecule has 0 heterocycles. The first kappa shape index (κ1) is 15.9. The van der Waals surface area contributed by atoms with Crippen LogP contribution in [0.15, 0.2) is 34.2 Å². The summed E-state index contributed by atoms with van der Waals surface area (Å²) in [5.74, 6) is 5.80. The molecule has 0 spiro atoms. The molecule has 0 fully saturated rings. The van der Waals surface area contributed by atoms with E-state index >= 15 is 0 Å². The molecule has 0 saturated carbocycles. The molecule has 0 amide bonds. The van der Waals surface area contributed by atoms with Gasteiger partial charge in [0.2, 0.25) is 5.84 Å². The SMILES string of the molecule is Cc1ccc(SC([SH2+])=NC(=N)C#CC(C)(C)C)cc1. The number of amidine groups is 1. The minimum absolute atomic E-state index is 0.0690. The number of nitrogens with zero attached hydrogens (tertiary/aromatic N) is 1. The average Bonchev–Trinajstić information content (AvgIpc) is 2.29. The second-order valence-corrected chi connectivity index (χ2v) is 7.08. The third-order valence-electron chi connectivity index (χ3n) is 2.00. The van der Waals surface area contributed by atoms with Crippen LogP contribution in [0.5, 0.6) is 0 Å². The van der Waals surface area contributed by atoms with Crippen molar-refractivity contribution in [2.75, 3.05) is 0 Å². The highest BCUT2D eigenvalue weighted by Crippen LogP contribution is 2.19. The molecule has 2 nitrogen and oxygen atoms in total. The van der Waals surface area contributed by atoms with Crippen LogP contribution in [0, 0.1) is 29.6 Å². The van der Waals surface area contributed by atoms with Crippen molar-refractivity contribution in [3.63, 3.8) is 0 Å². The molecule has 0 aliphatic heterocycles. The summed E-state index contributed by atoms with van der Waals surface area (Å²) in [7, 11) is 0. The van der Waals surface area contributed by atoms with E-state index in [1.54, 1.807) is 0 Å². The van der Waals surface area contributed by atoms with Gasteiger partial charge >= 0.3 is 0 Å². The predicted octanol–water partition coefficient (Wildman–Crippen LogP) is 3.48. The monoisotopic (exact) mass is 291 g/mol. The third-order valence-corrected chi connectivity index (χ3v) is 3.22. The van der Waals surface area contributed by atoms with Gasteiger partial charge in [-0.05, 0) is 57.5 Å². The Labute approximate surface area is 125 Å². The Morgan fingerprint density at radius 2 is 1.84 bits per heavy atom. The summed E-state index contributed by atoms with van der Waals surface area (Å²) in [6, 6.07) is 8.15. The van der Waals surface area contributed by atoms with Crippen molar-refractivity contribution in [2.24, 2.45) is 10.4 Å². The summed E-state index contributed by atoms with van der Waals surface area (Å²) in [6.07, 6.45) is 0. The van der Waals surface area contributed by atoms with Gasteiger partial charge in [0.25, 0.3) is 4.38 Å². The lowest BCUT2D eigenvalue weighted by atomic mass is 9.98. The van der Waals surface area contributed by atoms with Gasteiger partial charge in [-0.3, -0.25) is 5.41 Å². The minimum atomic E-state index is -0.113. The molecule has 1 aromatic rings. The van der Waals surface area contributed by atoms with Gasteiger partial charge in [0.05, 0.1) is 0 Å². The van der Waals surface area contributed by atoms with E-state index in [9.17, 15) is 0 Å². The first-order chi connectivity index (χ1) is 8.76. The smallest absolute Gasteiger partial charge is 0.275 e. The number of aryl methyl sites for hydroxylation is 1. The molecule has 0 unspecified atom stereocenters. The van der Waals surface area contributed by atoms with E-state index in [0.29, 0.717) is 4.38 Å². The number of rotatable bonds is 1. The van der Waals surface area contributed by atoms with Crippen LogP contribution in [0.1, 0.15) is 26.3 Å². The molecule has 0 atom stereocenters. The van der Waals surface area contributed by atoms with E-state index < -0.39 is 0 Å². The lowest BCUT2D eigenvalue weighted by molar-refractivity contribution is 0.571. The molecular formula is C15H19N2S2+. The molecule has 0 saturated heterocycles. The molecule has 1 rings (SSSR count). The Kier molecular flexibility index (Phi) is 5.71. The Balaban J connectivity index is 2.69. The van der Waals surface area contributed by atoms with Crippen molar-refractivity contribution in [2.45, 2.75) is 32.6 Å². The van der Waals surface area contributed by atoms with Gasteiger partial charge in [0.1, 0.15) is 0 Å². The van der Waals surface area contributed by atoms with Crippen molar-refractivity contribution in [3.8, 4) is 11.8 Å². The Morgan fingerprint density at radius 3 is 2.37 bits per heavy atom. The third kappa shape index (κ3) is 7.09. The first-order valence-electron chi connectivity index (χ1n) is 5.93. The van der Waals surface area contributed by atoms with Crippen molar-refractivity contribution in [1.82, 2.24) is 0 Å². The van der Waals surface area contributed by atoms with Crippen molar-refractivity contribution >= 4 is 34.6 Å². The molecular weight excluding hydrogens is 272 g/mol. The Hall–Kier alpha value is -1.18. The number of benzene rings is 1. The zero-order chi connectivity index (χ0) is 14.5. The van der Waals surface area contributed by atoms with Gasteiger partial charge in [-0.15, -0.1) is 0 Å². The highest BCUT2D eigenvalue weighted by molar-refractivity contribution is 8.27. The fourth-order valence-electron chi connectivity index (χ4n) is 1.12. The average molecular weight is 291 g/mol. The summed E-state index contributed by atoms with van der Waals surface area (Å²) in [5, 5.41) is 7.69. The maximum absolute atomic E-state index is 7.69. The van der Waals surface area contributed by atoms with Crippen molar-refractivity contribution in [1.29, 1.82) is 5.41 Å².